The van der Waals surface area contributed by atoms with E-state index < -0.39 is 0 Å². The molecule has 5 heteroatoms. The van der Waals surface area contributed by atoms with Crippen molar-refractivity contribution in [1.82, 2.24) is 15.5 Å². The van der Waals surface area contributed by atoms with Crippen molar-refractivity contribution in [3.05, 3.63) is 0 Å². The van der Waals surface area contributed by atoms with Gasteiger partial charge in [0.25, 0.3) is 0 Å². The van der Waals surface area contributed by atoms with Crippen molar-refractivity contribution >= 4 is 11.8 Å². The van der Waals surface area contributed by atoms with Gasteiger partial charge in [0, 0.05) is 31.5 Å². The smallest absolute Gasteiger partial charge is 0.226 e. The molecule has 0 spiro atoms. The Hall–Kier alpha value is -1.10. The quantitative estimate of drug-likeness (QED) is 0.719. The number of nitrogens with one attached hydrogen (secondary N) is 2. The van der Waals surface area contributed by atoms with Gasteiger partial charge < -0.3 is 15.5 Å². The summed E-state index contributed by atoms with van der Waals surface area (Å²) in [7, 11) is 2.00. The Kier molecular flexibility index (Phi) is 5.77. The summed E-state index contributed by atoms with van der Waals surface area (Å²) < 4.78 is 0. The molecule has 5 aliphatic rings. The van der Waals surface area contributed by atoms with Crippen LogP contribution in [0.25, 0.3) is 0 Å². The van der Waals surface area contributed by atoms with Gasteiger partial charge in [-0.2, -0.15) is 0 Å². The number of carbonyl (C=O) groups is 2. The second-order valence-electron chi connectivity index (χ2n) is 9.92. The SMILES string of the molecule is CNCCC1CCN(C(=O)CCNC(=O)C23CC4CC(CC(C4)C2)C3)CC1. The Morgan fingerprint density at radius 2 is 1.56 bits per heavy atom. The third-order valence-corrected chi connectivity index (χ3v) is 7.91. The Balaban J connectivity index is 1.19. The maximum Gasteiger partial charge on any atom is 0.226 e. The van der Waals surface area contributed by atoms with Crippen LogP contribution in [0.3, 0.4) is 0 Å². The van der Waals surface area contributed by atoms with Gasteiger partial charge in [-0.25, -0.2) is 0 Å². The van der Waals surface area contributed by atoms with E-state index in [1.54, 1.807) is 0 Å². The van der Waals surface area contributed by atoms with E-state index >= 15 is 0 Å². The van der Waals surface area contributed by atoms with E-state index in [0.717, 1.165) is 75.4 Å². The molecule has 4 aliphatic carbocycles. The van der Waals surface area contributed by atoms with E-state index in [1.807, 2.05) is 11.9 Å². The first-order chi connectivity index (χ1) is 13.1. The highest BCUT2D eigenvalue weighted by Crippen LogP contribution is 2.60. The molecule has 0 aromatic heterocycles. The van der Waals surface area contributed by atoms with Crippen molar-refractivity contribution < 1.29 is 9.59 Å². The van der Waals surface area contributed by atoms with Crippen LogP contribution in [-0.4, -0.2) is 49.9 Å². The van der Waals surface area contributed by atoms with Crippen LogP contribution in [0.5, 0.6) is 0 Å². The number of rotatable bonds is 7. The Morgan fingerprint density at radius 1 is 0.963 bits per heavy atom. The topological polar surface area (TPSA) is 61.4 Å². The highest BCUT2D eigenvalue weighted by Gasteiger charge is 2.54. The van der Waals surface area contributed by atoms with Crippen molar-refractivity contribution in [2.45, 2.75) is 64.2 Å². The van der Waals surface area contributed by atoms with Gasteiger partial charge in [-0.1, -0.05) is 0 Å². The van der Waals surface area contributed by atoms with Gasteiger partial charge in [0.15, 0.2) is 0 Å². The summed E-state index contributed by atoms with van der Waals surface area (Å²) in [5.74, 6) is 3.57. The lowest BCUT2D eigenvalue weighted by atomic mass is 9.49. The number of hydrogen-bond donors (Lipinski definition) is 2. The van der Waals surface area contributed by atoms with E-state index in [2.05, 4.69) is 10.6 Å². The number of piperidine rings is 1. The lowest BCUT2D eigenvalue weighted by Gasteiger charge is -2.55. The molecule has 4 bridgehead atoms. The van der Waals surface area contributed by atoms with Crippen LogP contribution in [0.4, 0.5) is 0 Å². The predicted molar refractivity (Wildman–Crippen MR) is 106 cm³/mol. The largest absolute Gasteiger partial charge is 0.355 e. The van der Waals surface area contributed by atoms with Crippen LogP contribution in [0.1, 0.15) is 64.2 Å². The summed E-state index contributed by atoms with van der Waals surface area (Å²) in [6.07, 6.45) is 11.3. The summed E-state index contributed by atoms with van der Waals surface area (Å²) in [4.78, 5) is 27.5. The second-order valence-corrected chi connectivity index (χ2v) is 9.92. The lowest BCUT2D eigenvalue weighted by molar-refractivity contribution is -0.146. The van der Waals surface area contributed by atoms with Crippen LogP contribution in [0.15, 0.2) is 0 Å². The monoisotopic (exact) mass is 375 g/mol. The van der Waals surface area contributed by atoms with Crippen LogP contribution in [-0.2, 0) is 9.59 Å². The van der Waals surface area contributed by atoms with Gasteiger partial charge in [-0.3, -0.25) is 9.59 Å². The molecular formula is C22H37N3O2. The molecule has 0 unspecified atom stereocenters. The Labute approximate surface area is 164 Å². The summed E-state index contributed by atoms with van der Waals surface area (Å²) in [6, 6.07) is 0. The molecule has 0 radical (unpaired) electrons. The van der Waals surface area contributed by atoms with Gasteiger partial charge in [0.05, 0.1) is 0 Å². The number of carbonyl (C=O) groups excluding carboxylic acids is 2. The maximum absolute atomic E-state index is 13.0. The lowest BCUT2D eigenvalue weighted by Crippen LogP contribution is -2.54. The molecule has 27 heavy (non-hydrogen) atoms. The van der Waals surface area contributed by atoms with E-state index in [0.29, 0.717) is 13.0 Å². The van der Waals surface area contributed by atoms with Gasteiger partial charge in [0.1, 0.15) is 0 Å². The Bertz CT molecular complexity index is 518. The average molecular weight is 376 g/mol. The molecular weight excluding hydrogens is 338 g/mol. The summed E-state index contributed by atoms with van der Waals surface area (Å²) in [5, 5.41) is 6.37. The molecule has 2 amide bonds. The number of nitrogens with zero attached hydrogens (tertiary/aromatic N) is 1. The van der Waals surface area contributed by atoms with Crippen LogP contribution in [0, 0.1) is 29.1 Å². The summed E-state index contributed by atoms with van der Waals surface area (Å²) in [5.41, 5.74) is -0.0938. The molecule has 0 aromatic carbocycles. The number of amides is 2. The van der Waals surface area contributed by atoms with Crippen molar-refractivity contribution in [2.24, 2.45) is 29.1 Å². The molecule has 0 aromatic rings. The van der Waals surface area contributed by atoms with Crippen molar-refractivity contribution in [2.75, 3.05) is 33.2 Å². The third kappa shape index (κ3) is 4.18. The first kappa shape index (κ1) is 19.2. The second kappa shape index (κ2) is 8.10. The van der Waals surface area contributed by atoms with Crippen molar-refractivity contribution in [3.8, 4) is 0 Å². The van der Waals surface area contributed by atoms with Gasteiger partial charge in [-0.15, -0.1) is 0 Å². The highest BCUT2D eigenvalue weighted by molar-refractivity contribution is 5.84. The normalized spacial score (nSPS) is 35.4. The molecule has 5 fully saturated rings. The van der Waals surface area contributed by atoms with Crippen molar-refractivity contribution in [1.29, 1.82) is 0 Å². The first-order valence-corrected chi connectivity index (χ1v) is 11.3. The third-order valence-electron chi connectivity index (χ3n) is 7.91. The fourth-order valence-corrected chi connectivity index (χ4v) is 6.84. The zero-order chi connectivity index (χ0) is 18.9. The molecule has 4 saturated carbocycles. The predicted octanol–water partition coefficient (Wildman–Crippen LogP) is 2.56. The minimum Gasteiger partial charge on any atom is -0.355 e. The van der Waals surface area contributed by atoms with E-state index in [1.165, 1.54) is 25.7 Å². The standard InChI is InChI=1S/C22H37N3O2/c1-23-6-2-16-4-8-25(9-5-16)20(26)3-7-24-21(27)22-13-17-10-18(14-22)12-19(11-17)15-22/h16-19,23H,2-15H2,1H3,(H,24,27). The number of hydrogen-bond acceptors (Lipinski definition) is 3. The van der Waals surface area contributed by atoms with E-state index in [-0.39, 0.29) is 17.2 Å². The Morgan fingerprint density at radius 3 is 2.11 bits per heavy atom. The van der Waals surface area contributed by atoms with Gasteiger partial charge in [-0.05, 0) is 95.1 Å². The highest BCUT2D eigenvalue weighted by atomic mass is 16.2. The van der Waals surface area contributed by atoms with Crippen LogP contribution in [0.2, 0.25) is 0 Å². The molecule has 1 heterocycles. The fourth-order valence-electron chi connectivity index (χ4n) is 6.84. The number of likely N-dealkylation sites (tertiary alicyclic amines) is 1. The first-order valence-electron chi connectivity index (χ1n) is 11.3. The maximum atomic E-state index is 13.0. The molecule has 5 rings (SSSR count). The summed E-state index contributed by atoms with van der Waals surface area (Å²) >= 11 is 0. The molecule has 5 nitrogen and oxygen atoms in total. The average Bonchev–Trinajstić information content (AvgIpc) is 2.65. The molecule has 1 aliphatic heterocycles. The molecule has 0 atom stereocenters. The molecule has 2 N–H and O–H groups in total. The molecule has 1 saturated heterocycles. The van der Waals surface area contributed by atoms with E-state index in [9.17, 15) is 9.59 Å². The molecule has 152 valence electrons. The van der Waals surface area contributed by atoms with E-state index in [4.69, 9.17) is 0 Å². The van der Waals surface area contributed by atoms with Gasteiger partial charge in [0.2, 0.25) is 11.8 Å². The minimum absolute atomic E-state index is 0.0938. The fraction of sp³-hybridized carbons (Fsp3) is 0.909. The van der Waals surface area contributed by atoms with Crippen LogP contribution >= 0.6 is 0 Å². The van der Waals surface area contributed by atoms with Gasteiger partial charge >= 0.3 is 0 Å². The zero-order valence-corrected chi connectivity index (χ0v) is 17.0. The van der Waals surface area contributed by atoms with Crippen LogP contribution < -0.4 is 10.6 Å². The zero-order valence-electron chi connectivity index (χ0n) is 17.0. The van der Waals surface area contributed by atoms with Crippen molar-refractivity contribution in [3.63, 3.8) is 0 Å². The minimum atomic E-state index is -0.0938. The summed E-state index contributed by atoms with van der Waals surface area (Å²) in [6.45, 7) is 3.35.